The second kappa shape index (κ2) is 7.74. The summed E-state index contributed by atoms with van der Waals surface area (Å²) >= 11 is 0. The van der Waals surface area contributed by atoms with Gasteiger partial charge in [0.1, 0.15) is 0 Å². The predicted octanol–water partition coefficient (Wildman–Crippen LogP) is 1.21. The van der Waals surface area contributed by atoms with E-state index >= 15 is 0 Å². The molecular weight excluding hydrogens is 226 g/mol. The molecule has 0 aromatic heterocycles. The Morgan fingerprint density at radius 2 is 2.22 bits per heavy atom. The summed E-state index contributed by atoms with van der Waals surface area (Å²) < 4.78 is 0. The van der Waals surface area contributed by atoms with Gasteiger partial charge in [0.15, 0.2) is 0 Å². The highest BCUT2D eigenvalue weighted by atomic mass is 16.1. The van der Waals surface area contributed by atoms with Gasteiger partial charge in [-0.25, -0.2) is 0 Å². The van der Waals surface area contributed by atoms with Crippen LogP contribution < -0.4 is 11.1 Å². The van der Waals surface area contributed by atoms with Gasteiger partial charge in [0, 0.05) is 25.7 Å². The molecule has 3 N–H and O–H groups in total. The molecule has 1 aliphatic rings. The minimum atomic E-state index is 0.151. The Kier molecular flexibility index (Phi) is 6.65. The number of carbonyl (C=O) groups excluding carboxylic acids is 1. The largest absolute Gasteiger partial charge is 0.355 e. The molecule has 1 fully saturated rings. The lowest BCUT2D eigenvalue weighted by Crippen LogP contribution is -2.49. The number of nitrogens with zero attached hydrogens (tertiary/aromatic N) is 1. The molecule has 1 amide bonds. The van der Waals surface area contributed by atoms with E-state index in [2.05, 4.69) is 31.0 Å². The first-order valence-corrected chi connectivity index (χ1v) is 7.32. The summed E-state index contributed by atoms with van der Waals surface area (Å²) in [6, 6.07) is 0.607. The molecule has 1 heterocycles. The second-order valence-corrected chi connectivity index (χ2v) is 5.63. The summed E-state index contributed by atoms with van der Waals surface area (Å²) in [5.41, 5.74) is 5.42. The van der Waals surface area contributed by atoms with Crippen LogP contribution in [0.2, 0.25) is 0 Å². The average Bonchev–Trinajstić information content (AvgIpc) is 2.36. The van der Waals surface area contributed by atoms with Crippen LogP contribution in [0.4, 0.5) is 0 Å². The van der Waals surface area contributed by atoms with Crippen molar-refractivity contribution in [1.29, 1.82) is 0 Å². The van der Waals surface area contributed by atoms with Crippen LogP contribution in [0.15, 0.2) is 0 Å². The van der Waals surface area contributed by atoms with Gasteiger partial charge in [-0.15, -0.1) is 0 Å². The number of amides is 1. The van der Waals surface area contributed by atoms with E-state index in [1.54, 1.807) is 0 Å². The minimum absolute atomic E-state index is 0.151. The fraction of sp³-hybridized carbons (Fsp3) is 0.929. The quantitative estimate of drug-likeness (QED) is 0.750. The van der Waals surface area contributed by atoms with Crippen molar-refractivity contribution in [3.05, 3.63) is 0 Å². The maximum absolute atomic E-state index is 12.0. The van der Waals surface area contributed by atoms with Crippen molar-refractivity contribution in [2.75, 3.05) is 26.2 Å². The third-order valence-corrected chi connectivity index (χ3v) is 3.92. The van der Waals surface area contributed by atoms with Gasteiger partial charge in [0.2, 0.25) is 5.91 Å². The summed E-state index contributed by atoms with van der Waals surface area (Å²) in [5.74, 6) is 0.989. The molecule has 0 spiro atoms. The summed E-state index contributed by atoms with van der Waals surface area (Å²) in [6.45, 7) is 9.94. The zero-order valence-corrected chi connectivity index (χ0v) is 12.1. The molecule has 0 aromatic rings. The van der Waals surface area contributed by atoms with Crippen LogP contribution >= 0.6 is 0 Å². The number of hydrogen-bond donors (Lipinski definition) is 2. The summed E-state index contributed by atoms with van der Waals surface area (Å²) in [4.78, 5) is 14.5. The normalized spacial score (nSPS) is 23.1. The average molecular weight is 255 g/mol. The first-order chi connectivity index (χ1) is 8.60. The molecule has 4 heteroatoms. The molecule has 0 aromatic carbocycles. The van der Waals surface area contributed by atoms with Crippen molar-refractivity contribution >= 4 is 5.91 Å². The third-order valence-electron chi connectivity index (χ3n) is 3.92. The van der Waals surface area contributed by atoms with Crippen molar-refractivity contribution in [2.24, 2.45) is 17.6 Å². The van der Waals surface area contributed by atoms with Crippen LogP contribution in [0.1, 0.15) is 40.0 Å². The summed E-state index contributed by atoms with van der Waals surface area (Å²) in [6.07, 6.45) is 3.31. The van der Waals surface area contributed by atoms with Gasteiger partial charge < -0.3 is 11.1 Å². The molecule has 0 bridgehead atoms. The highest BCUT2D eigenvalue weighted by Crippen LogP contribution is 2.23. The van der Waals surface area contributed by atoms with Crippen LogP contribution in [0.5, 0.6) is 0 Å². The lowest BCUT2D eigenvalue weighted by Gasteiger charge is -2.39. The van der Waals surface area contributed by atoms with Crippen molar-refractivity contribution in [2.45, 2.75) is 46.1 Å². The third kappa shape index (κ3) is 4.25. The van der Waals surface area contributed by atoms with Gasteiger partial charge in [-0.3, -0.25) is 9.69 Å². The minimum Gasteiger partial charge on any atom is -0.355 e. The SMILES string of the molecule is CCC(C(C)C)N1CCCC(C(=O)NCCN)C1. The van der Waals surface area contributed by atoms with Gasteiger partial charge in [-0.05, 0) is 31.7 Å². The summed E-state index contributed by atoms with van der Waals surface area (Å²) in [7, 11) is 0. The monoisotopic (exact) mass is 255 g/mol. The van der Waals surface area contributed by atoms with Crippen molar-refractivity contribution in [3.63, 3.8) is 0 Å². The van der Waals surface area contributed by atoms with Crippen LogP contribution in [0.3, 0.4) is 0 Å². The molecule has 0 radical (unpaired) electrons. The number of hydrogen-bond acceptors (Lipinski definition) is 3. The maximum Gasteiger partial charge on any atom is 0.224 e. The van der Waals surface area contributed by atoms with E-state index in [-0.39, 0.29) is 11.8 Å². The smallest absolute Gasteiger partial charge is 0.224 e. The van der Waals surface area contributed by atoms with E-state index in [9.17, 15) is 4.79 Å². The zero-order valence-electron chi connectivity index (χ0n) is 12.1. The van der Waals surface area contributed by atoms with Crippen LogP contribution in [-0.2, 0) is 4.79 Å². The first kappa shape index (κ1) is 15.4. The Balaban J connectivity index is 2.52. The lowest BCUT2D eigenvalue weighted by molar-refractivity contribution is -0.127. The summed E-state index contributed by atoms with van der Waals surface area (Å²) in [5, 5.41) is 2.92. The fourth-order valence-electron chi connectivity index (χ4n) is 3.01. The molecule has 1 aliphatic heterocycles. The zero-order chi connectivity index (χ0) is 13.5. The van der Waals surface area contributed by atoms with Crippen LogP contribution in [0, 0.1) is 11.8 Å². The van der Waals surface area contributed by atoms with Crippen molar-refractivity contribution < 1.29 is 4.79 Å². The number of carbonyl (C=O) groups is 1. The Hall–Kier alpha value is -0.610. The molecule has 0 aliphatic carbocycles. The number of nitrogens with two attached hydrogens (primary N) is 1. The second-order valence-electron chi connectivity index (χ2n) is 5.63. The van der Waals surface area contributed by atoms with Crippen LogP contribution in [-0.4, -0.2) is 43.0 Å². The molecular formula is C14H29N3O. The first-order valence-electron chi connectivity index (χ1n) is 7.32. The number of likely N-dealkylation sites (tertiary alicyclic amines) is 1. The van der Waals surface area contributed by atoms with E-state index in [1.165, 1.54) is 0 Å². The van der Waals surface area contributed by atoms with E-state index < -0.39 is 0 Å². The van der Waals surface area contributed by atoms with E-state index in [1.807, 2.05) is 0 Å². The lowest BCUT2D eigenvalue weighted by atomic mass is 9.92. The van der Waals surface area contributed by atoms with Crippen molar-refractivity contribution in [3.8, 4) is 0 Å². The molecule has 2 atom stereocenters. The van der Waals surface area contributed by atoms with Crippen molar-refractivity contribution in [1.82, 2.24) is 10.2 Å². The topological polar surface area (TPSA) is 58.4 Å². The Bertz CT molecular complexity index is 255. The molecule has 1 saturated heterocycles. The Labute approximate surface area is 111 Å². The number of nitrogens with one attached hydrogen (secondary N) is 1. The molecule has 1 rings (SSSR count). The van der Waals surface area contributed by atoms with E-state index in [4.69, 9.17) is 5.73 Å². The number of rotatable bonds is 6. The predicted molar refractivity (Wildman–Crippen MR) is 75.3 cm³/mol. The molecule has 2 unspecified atom stereocenters. The van der Waals surface area contributed by atoms with Crippen LogP contribution in [0.25, 0.3) is 0 Å². The Morgan fingerprint density at radius 1 is 1.50 bits per heavy atom. The molecule has 106 valence electrons. The number of piperidine rings is 1. The van der Waals surface area contributed by atoms with Gasteiger partial charge in [0.05, 0.1) is 5.92 Å². The van der Waals surface area contributed by atoms with E-state index in [0.29, 0.717) is 25.0 Å². The van der Waals surface area contributed by atoms with Gasteiger partial charge in [-0.2, -0.15) is 0 Å². The standard InChI is InChI=1S/C14H29N3O/c1-4-13(11(2)3)17-9-5-6-12(10-17)14(18)16-8-7-15/h11-13H,4-10,15H2,1-3H3,(H,16,18). The maximum atomic E-state index is 12.0. The highest BCUT2D eigenvalue weighted by Gasteiger charge is 2.29. The van der Waals surface area contributed by atoms with E-state index in [0.717, 1.165) is 32.4 Å². The molecule has 0 saturated carbocycles. The molecule has 18 heavy (non-hydrogen) atoms. The Morgan fingerprint density at radius 3 is 2.78 bits per heavy atom. The van der Waals surface area contributed by atoms with Gasteiger partial charge in [0.25, 0.3) is 0 Å². The van der Waals surface area contributed by atoms with Gasteiger partial charge in [-0.1, -0.05) is 20.8 Å². The van der Waals surface area contributed by atoms with Gasteiger partial charge >= 0.3 is 0 Å². The highest BCUT2D eigenvalue weighted by molar-refractivity contribution is 5.78. The molecule has 4 nitrogen and oxygen atoms in total. The fourth-order valence-corrected chi connectivity index (χ4v) is 3.01.